The summed E-state index contributed by atoms with van der Waals surface area (Å²) in [6.07, 6.45) is 1.80. The molecule has 120 valence electrons. The predicted octanol–water partition coefficient (Wildman–Crippen LogP) is 5.15. The third-order valence-corrected chi connectivity index (χ3v) is 4.14. The van der Waals surface area contributed by atoms with E-state index in [2.05, 4.69) is 16.4 Å². The highest BCUT2D eigenvalue weighted by Crippen LogP contribution is 2.32. The number of para-hydroxylation sites is 1. The van der Waals surface area contributed by atoms with Gasteiger partial charge in [-0.05, 0) is 29.7 Å². The van der Waals surface area contributed by atoms with Crippen molar-refractivity contribution < 1.29 is 4.79 Å². The Morgan fingerprint density at radius 1 is 0.760 bits per heavy atom. The van der Waals surface area contributed by atoms with Crippen molar-refractivity contribution in [2.75, 3.05) is 5.32 Å². The summed E-state index contributed by atoms with van der Waals surface area (Å²) in [7, 11) is 0. The first-order chi connectivity index (χ1) is 12.3. The first kappa shape index (κ1) is 15.1. The fraction of sp³-hybridized carbons (Fsp3) is 0. The molecule has 0 fully saturated rings. The van der Waals surface area contributed by atoms with Crippen molar-refractivity contribution in [3.8, 4) is 11.3 Å². The number of amides is 1. The number of hydrogen-bond donors (Lipinski definition) is 1. The first-order valence-corrected chi connectivity index (χ1v) is 8.12. The van der Waals surface area contributed by atoms with Crippen LogP contribution in [0.15, 0.2) is 91.1 Å². The Bertz CT molecular complexity index is 1040. The number of anilines is 1. The molecule has 4 rings (SSSR count). The van der Waals surface area contributed by atoms with E-state index >= 15 is 0 Å². The molecule has 3 aromatic carbocycles. The Hall–Kier alpha value is -3.46. The molecule has 3 heteroatoms. The highest BCUT2D eigenvalue weighted by molar-refractivity contribution is 6.07. The Labute approximate surface area is 146 Å². The molecular formula is C22H16N2O. The van der Waals surface area contributed by atoms with Crippen LogP contribution >= 0.6 is 0 Å². The quantitative estimate of drug-likeness (QED) is 0.566. The molecular weight excluding hydrogens is 308 g/mol. The lowest BCUT2D eigenvalue weighted by Crippen LogP contribution is -2.12. The highest BCUT2D eigenvalue weighted by Gasteiger charge is 2.12. The number of pyridine rings is 1. The second kappa shape index (κ2) is 6.57. The number of nitrogens with one attached hydrogen (secondary N) is 1. The van der Waals surface area contributed by atoms with E-state index in [-0.39, 0.29) is 5.91 Å². The van der Waals surface area contributed by atoms with Crippen LogP contribution in [-0.4, -0.2) is 10.9 Å². The molecule has 0 saturated carbocycles. The zero-order valence-corrected chi connectivity index (χ0v) is 13.5. The van der Waals surface area contributed by atoms with E-state index in [0.717, 1.165) is 27.7 Å². The van der Waals surface area contributed by atoms with E-state index in [1.807, 2.05) is 66.7 Å². The summed E-state index contributed by atoms with van der Waals surface area (Å²) in [5.41, 5.74) is 3.15. The van der Waals surface area contributed by atoms with Gasteiger partial charge < -0.3 is 5.32 Å². The molecule has 0 aliphatic rings. The smallest absolute Gasteiger partial charge is 0.255 e. The molecule has 25 heavy (non-hydrogen) atoms. The number of aromatic nitrogens is 1. The van der Waals surface area contributed by atoms with Crippen LogP contribution in [0.25, 0.3) is 22.0 Å². The van der Waals surface area contributed by atoms with Gasteiger partial charge in [-0.2, -0.15) is 0 Å². The summed E-state index contributed by atoms with van der Waals surface area (Å²) in [4.78, 5) is 17.1. The maximum atomic E-state index is 12.5. The maximum Gasteiger partial charge on any atom is 0.255 e. The zero-order chi connectivity index (χ0) is 17.1. The van der Waals surface area contributed by atoms with E-state index in [1.54, 1.807) is 18.3 Å². The van der Waals surface area contributed by atoms with Crippen LogP contribution in [0.3, 0.4) is 0 Å². The molecule has 1 amide bonds. The molecule has 0 bridgehead atoms. The zero-order valence-electron chi connectivity index (χ0n) is 13.5. The molecule has 0 saturated heterocycles. The molecule has 0 radical (unpaired) electrons. The van der Waals surface area contributed by atoms with Gasteiger partial charge in [0, 0.05) is 22.7 Å². The summed E-state index contributed by atoms with van der Waals surface area (Å²) >= 11 is 0. The van der Waals surface area contributed by atoms with Gasteiger partial charge in [0.1, 0.15) is 0 Å². The lowest BCUT2D eigenvalue weighted by Gasteiger charge is -2.12. The molecule has 0 atom stereocenters. The largest absolute Gasteiger partial charge is 0.321 e. The summed E-state index contributed by atoms with van der Waals surface area (Å²) in [6, 6.07) is 27.1. The third kappa shape index (κ3) is 3.00. The van der Waals surface area contributed by atoms with Gasteiger partial charge in [-0.15, -0.1) is 0 Å². The number of carbonyl (C=O) groups excluding carboxylic acids is 1. The van der Waals surface area contributed by atoms with Crippen molar-refractivity contribution in [2.24, 2.45) is 0 Å². The predicted molar refractivity (Wildman–Crippen MR) is 102 cm³/mol. The number of hydrogen-bond acceptors (Lipinski definition) is 2. The summed E-state index contributed by atoms with van der Waals surface area (Å²) in [5.74, 6) is -0.131. The number of carbonyl (C=O) groups is 1. The van der Waals surface area contributed by atoms with Crippen LogP contribution in [0.1, 0.15) is 10.4 Å². The van der Waals surface area contributed by atoms with E-state index in [1.165, 1.54) is 0 Å². The fourth-order valence-electron chi connectivity index (χ4n) is 2.92. The molecule has 0 aliphatic heterocycles. The molecule has 1 heterocycles. The fourth-order valence-corrected chi connectivity index (χ4v) is 2.92. The number of nitrogens with zero attached hydrogens (tertiary/aromatic N) is 1. The summed E-state index contributed by atoms with van der Waals surface area (Å²) in [6.45, 7) is 0. The van der Waals surface area contributed by atoms with Crippen molar-refractivity contribution >= 4 is 22.4 Å². The van der Waals surface area contributed by atoms with E-state index in [0.29, 0.717) is 5.56 Å². The molecule has 0 aliphatic carbocycles. The maximum absolute atomic E-state index is 12.5. The van der Waals surface area contributed by atoms with Crippen LogP contribution in [-0.2, 0) is 0 Å². The Morgan fingerprint density at radius 3 is 2.36 bits per heavy atom. The van der Waals surface area contributed by atoms with Gasteiger partial charge in [-0.3, -0.25) is 9.78 Å². The number of benzene rings is 3. The average molecular weight is 324 g/mol. The Morgan fingerprint density at radius 2 is 1.48 bits per heavy atom. The van der Waals surface area contributed by atoms with E-state index in [9.17, 15) is 4.79 Å². The van der Waals surface area contributed by atoms with Gasteiger partial charge in [0.05, 0.1) is 11.4 Å². The SMILES string of the molecule is O=C(Nc1ccccc1-c1nccc2ccccc12)c1ccccc1. The molecule has 1 aromatic heterocycles. The van der Waals surface area contributed by atoms with Crippen LogP contribution < -0.4 is 5.32 Å². The van der Waals surface area contributed by atoms with Crippen LogP contribution in [0.5, 0.6) is 0 Å². The molecule has 3 nitrogen and oxygen atoms in total. The molecule has 0 spiro atoms. The second-order valence-corrected chi connectivity index (χ2v) is 5.75. The standard InChI is InChI=1S/C22H16N2O/c25-22(17-9-2-1-3-10-17)24-20-13-7-6-12-19(20)21-18-11-5-4-8-16(18)14-15-23-21/h1-15H,(H,24,25). The van der Waals surface area contributed by atoms with E-state index in [4.69, 9.17) is 0 Å². The minimum atomic E-state index is -0.131. The Balaban J connectivity index is 1.78. The monoisotopic (exact) mass is 324 g/mol. The second-order valence-electron chi connectivity index (χ2n) is 5.75. The van der Waals surface area contributed by atoms with Crippen molar-refractivity contribution in [3.05, 3.63) is 96.7 Å². The van der Waals surface area contributed by atoms with Gasteiger partial charge in [0.2, 0.25) is 0 Å². The average Bonchev–Trinajstić information content (AvgIpc) is 2.69. The van der Waals surface area contributed by atoms with Gasteiger partial charge in [-0.1, -0.05) is 60.7 Å². The summed E-state index contributed by atoms with van der Waals surface area (Å²) in [5, 5.41) is 5.19. The van der Waals surface area contributed by atoms with Crippen LogP contribution in [0, 0.1) is 0 Å². The third-order valence-electron chi connectivity index (χ3n) is 4.14. The van der Waals surface area contributed by atoms with Gasteiger partial charge in [0.25, 0.3) is 5.91 Å². The normalized spacial score (nSPS) is 10.6. The minimum absolute atomic E-state index is 0.131. The van der Waals surface area contributed by atoms with Crippen molar-refractivity contribution in [2.45, 2.75) is 0 Å². The minimum Gasteiger partial charge on any atom is -0.321 e. The topological polar surface area (TPSA) is 42.0 Å². The van der Waals surface area contributed by atoms with Crippen molar-refractivity contribution in [3.63, 3.8) is 0 Å². The van der Waals surface area contributed by atoms with Crippen LogP contribution in [0.4, 0.5) is 5.69 Å². The highest BCUT2D eigenvalue weighted by atomic mass is 16.1. The number of fused-ring (bicyclic) bond motifs is 1. The first-order valence-electron chi connectivity index (χ1n) is 8.12. The Kier molecular flexibility index (Phi) is 3.97. The molecule has 4 aromatic rings. The van der Waals surface area contributed by atoms with Crippen LogP contribution in [0.2, 0.25) is 0 Å². The molecule has 1 N–H and O–H groups in total. The molecule has 0 unspecified atom stereocenters. The van der Waals surface area contributed by atoms with E-state index < -0.39 is 0 Å². The van der Waals surface area contributed by atoms with Crippen molar-refractivity contribution in [1.82, 2.24) is 4.98 Å². The van der Waals surface area contributed by atoms with Gasteiger partial charge >= 0.3 is 0 Å². The number of rotatable bonds is 3. The van der Waals surface area contributed by atoms with Gasteiger partial charge in [-0.25, -0.2) is 0 Å². The lowest BCUT2D eigenvalue weighted by molar-refractivity contribution is 0.102. The summed E-state index contributed by atoms with van der Waals surface area (Å²) < 4.78 is 0. The van der Waals surface area contributed by atoms with Gasteiger partial charge in [0.15, 0.2) is 0 Å². The van der Waals surface area contributed by atoms with Crippen molar-refractivity contribution in [1.29, 1.82) is 0 Å². The lowest BCUT2D eigenvalue weighted by atomic mass is 10.0.